The Hall–Kier alpha value is -2.61. The van der Waals surface area contributed by atoms with Gasteiger partial charge < -0.3 is 24.8 Å². The van der Waals surface area contributed by atoms with Gasteiger partial charge in [0, 0.05) is 13.1 Å². The molecule has 1 aromatic rings. The Kier molecular flexibility index (Phi) is 5.53. The van der Waals surface area contributed by atoms with Crippen LogP contribution in [0.5, 0.6) is 0 Å². The number of methoxy groups -OCH3 is 1. The molecule has 0 aliphatic carbocycles. The normalized spacial score (nSPS) is 17.4. The highest BCUT2D eigenvalue weighted by Crippen LogP contribution is 2.08. The fraction of sp³-hybridized carbons (Fsp3) is 0.400. The molecule has 0 bridgehead atoms. The average Bonchev–Trinajstić information content (AvgIpc) is 2.59. The van der Waals surface area contributed by atoms with Gasteiger partial charge in [-0.25, -0.2) is 14.4 Å². The van der Waals surface area contributed by atoms with E-state index in [1.165, 1.54) is 24.1 Å². The standard InChI is InChI=1S/C15H18N2O6/c1-22-14(20)12-9-17(6-7-23-12)15(21)16-8-10-2-4-11(5-3-10)13(18)19/h2-5,12H,6-9H2,1H3,(H,16,21)(H,18,19). The number of esters is 1. The lowest BCUT2D eigenvalue weighted by atomic mass is 10.1. The summed E-state index contributed by atoms with van der Waals surface area (Å²) in [4.78, 5) is 35.8. The van der Waals surface area contributed by atoms with Crippen molar-refractivity contribution in [1.29, 1.82) is 0 Å². The number of carbonyl (C=O) groups is 3. The third-order valence-corrected chi connectivity index (χ3v) is 3.46. The van der Waals surface area contributed by atoms with Crippen LogP contribution in [0.25, 0.3) is 0 Å². The monoisotopic (exact) mass is 322 g/mol. The number of nitrogens with one attached hydrogen (secondary N) is 1. The van der Waals surface area contributed by atoms with Crippen molar-refractivity contribution in [1.82, 2.24) is 10.2 Å². The van der Waals surface area contributed by atoms with Gasteiger partial charge in [0.2, 0.25) is 0 Å². The number of urea groups is 1. The molecule has 124 valence electrons. The predicted molar refractivity (Wildman–Crippen MR) is 79.0 cm³/mol. The average molecular weight is 322 g/mol. The van der Waals surface area contributed by atoms with E-state index in [4.69, 9.17) is 9.84 Å². The SMILES string of the molecule is COC(=O)C1CN(C(=O)NCc2ccc(C(=O)O)cc2)CCO1. The number of morpholine rings is 1. The maximum absolute atomic E-state index is 12.1. The molecule has 1 aliphatic heterocycles. The molecule has 2 N–H and O–H groups in total. The molecular weight excluding hydrogens is 304 g/mol. The van der Waals surface area contributed by atoms with Crippen molar-refractivity contribution in [3.63, 3.8) is 0 Å². The predicted octanol–water partition coefficient (Wildman–Crippen LogP) is 0.468. The van der Waals surface area contributed by atoms with E-state index in [1.54, 1.807) is 12.1 Å². The summed E-state index contributed by atoms with van der Waals surface area (Å²) in [6.45, 7) is 1.05. The third kappa shape index (κ3) is 4.43. The number of nitrogens with zero attached hydrogens (tertiary/aromatic N) is 1. The van der Waals surface area contributed by atoms with Gasteiger partial charge in [-0.2, -0.15) is 0 Å². The number of hydrogen-bond acceptors (Lipinski definition) is 5. The molecule has 0 aromatic heterocycles. The van der Waals surface area contributed by atoms with Crippen molar-refractivity contribution in [2.45, 2.75) is 12.6 Å². The summed E-state index contributed by atoms with van der Waals surface area (Å²) >= 11 is 0. The first-order valence-electron chi connectivity index (χ1n) is 7.05. The number of benzene rings is 1. The van der Waals surface area contributed by atoms with Gasteiger partial charge in [0.25, 0.3) is 0 Å². The fourth-order valence-corrected chi connectivity index (χ4v) is 2.16. The second-order valence-electron chi connectivity index (χ2n) is 4.99. The number of amides is 2. The maximum atomic E-state index is 12.1. The molecule has 1 unspecified atom stereocenters. The topological polar surface area (TPSA) is 105 Å². The van der Waals surface area contributed by atoms with Crippen LogP contribution in [0, 0.1) is 0 Å². The molecular formula is C15H18N2O6. The Morgan fingerprint density at radius 2 is 2.04 bits per heavy atom. The molecule has 1 heterocycles. The molecule has 2 amide bonds. The summed E-state index contributed by atoms with van der Waals surface area (Å²) in [6.07, 6.45) is -0.769. The smallest absolute Gasteiger partial charge is 0.336 e. The van der Waals surface area contributed by atoms with E-state index in [9.17, 15) is 14.4 Å². The number of rotatable bonds is 4. The zero-order valence-electron chi connectivity index (χ0n) is 12.7. The van der Waals surface area contributed by atoms with E-state index < -0.39 is 18.0 Å². The molecule has 1 fully saturated rings. The number of carbonyl (C=O) groups excluding carboxylic acids is 2. The Bertz CT molecular complexity index is 586. The van der Waals surface area contributed by atoms with Crippen molar-refractivity contribution in [3.05, 3.63) is 35.4 Å². The van der Waals surface area contributed by atoms with E-state index in [1.807, 2.05) is 0 Å². The molecule has 8 heteroatoms. The van der Waals surface area contributed by atoms with E-state index in [-0.39, 0.29) is 31.3 Å². The second-order valence-corrected chi connectivity index (χ2v) is 4.99. The lowest BCUT2D eigenvalue weighted by molar-refractivity contribution is -0.158. The van der Waals surface area contributed by atoms with Crippen LogP contribution < -0.4 is 5.32 Å². The van der Waals surface area contributed by atoms with Gasteiger partial charge in [-0.15, -0.1) is 0 Å². The molecule has 1 atom stereocenters. The van der Waals surface area contributed by atoms with Crippen LogP contribution in [0.4, 0.5) is 4.79 Å². The van der Waals surface area contributed by atoms with Gasteiger partial charge in [0.15, 0.2) is 6.10 Å². The summed E-state index contributed by atoms with van der Waals surface area (Å²) in [5, 5.41) is 11.6. The minimum Gasteiger partial charge on any atom is -0.478 e. The zero-order chi connectivity index (χ0) is 16.8. The maximum Gasteiger partial charge on any atom is 0.336 e. The Labute approximate surface area is 133 Å². The van der Waals surface area contributed by atoms with E-state index in [0.717, 1.165) is 5.56 Å². The summed E-state index contributed by atoms with van der Waals surface area (Å²) in [5.41, 5.74) is 0.968. The highest BCUT2D eigenvalue weighted by Gasteiger charge is 2.29. The number of carboxylic acids is 1. The first-order chi connectivity index (χ1) is 11.0. The first-order valence-corrected chi connectivity index (χ1v) is 7.05. The van der Waals surface area contributed by atoms with Crippen molar-refractivity contribution >= 4 is 18.0 Å². The molecule has 0 radical (unpaired) electrons. The van der Waals surface area contributed by atoms with E-state index in [0.29, 0.717) is 6.54 Å². The van der Waals surface area contributed by atoms with Crippen molar-refractivity contribution < 1.29 is 29.0 Å². The third-order valence-electron chi connectivity index (χ3n) is 3.46. The molecule has 0 saturated carbocycles. The highest BCUT2D eigenvalue weighted by molar-refractivity contribution is 5.87. The molecule has 1 saturated heterocycles. The van der Waals surface area contributed by atoms with Gasteiger partial charge in [-0.1, -0.05) is 12.1 Å². The minimum atomic E-state index is -0.997. The summed E-state index contributed by atoms with van der Waals surface area (Å²) in [7, 11) is 1.27. The fourth-order valence-electron chi connectivity index (χ4n) is 2.16. The number of ether oxygens (including phenoxy) is 2. The Morgan fingerprint density at radius 1 is 1.35 bits per heavy atom. The molecule has 23 heavy (non-hydrogen) atoms. The van der Waals surface area contributed by atoms with Crippen molar-refractivity contribution in [2.24, 2.45) is 0 Å². The van der Waals surface area contributed by atoms with Gasteiger partial charge in [-0.05, 0) is 17.7 Å². The van der Waals surface area contributed by atoms with Gasteiger partial charge >= 0.3 is 18.0 Å². The van der Waals surface area contributed by atoms with Crippen LogP contribution in [0.2, 0.25) is 0 Å². The number of hydrogen-bond donors (Lipinski definition) is 2. The van der Waals surface area contributed by atoms with Crippen LogP contribution in [0.3, 0.4) is 0 Å². The van der Waals surface area contributed by atoms with Crippen LogP contribution in [0.1, 0.15) is 15.9 Å². The molecule has 8 nitrogen and oxygen atoms in total. The van der Waals surface area contributed by atoms with Crippen LogP contribution >= 0.6 is 0 Å². The quantitative estimate of drug-likeness (QED) is 0.781. The van der Waals surface area contributed by atoms with Gasteiger partial charge in [0.1, 0.15) is 0 Å². The van der Waals surface area contributed by atoms with Crippen LogP contribution in [-0.4, -0.2) is 60.9 Å². The van der Waals surface area contributed by atoms with E-state index >= 15 is 0 Å². The van der Waals surface area contributed by atoms with Crippen LogP contribution in [0.15, 0.2) is 24.3 Å². The highest BCUT2D eigenvalue weighted by atomic mass is 16.6. The van der Waals surface area contributed by atoms with E-state index in [2.05, 4.69) is 10.1 Å². The molecule has 1 aromatic carbocycles. The summed E-state index contributed by atoms with van der Waals surface area (Å²) < 4.78 is 9.86. The number of carboxylic acid groups (broad SMARTS) is 1. The lowest BCUT2D eigenvalue weighted by Gasteiger charge is -2.31. The second kappa shape index (κ2) is 7.59. The first kappa shape index (κ1) is 16.8. The largest absolute Gasteiger partial charge is 0.478 e. The summed E-state index contributed by atoms with van der Waals surface area (Å²) in [6, 6.07) is 5.92. The zero-order valence-corrected chi connectivity index (χ0v) is 12.7. The van der Waals surface area contributed by atoms with Gasteiger partial charge in [0.05, 0.1) is 25.8 Å². The van der Waals surface area contributed by atoms with Crippen molar-refractivity contribution in [2.75, 3.05) is 26.8 Å². The lowest BCUT2D eigenvalue weighted by Crippen LogP contribution is -2.51. The Morgan fingerprint density at radius 3 is 2.65 bits per heavy atom. The van der Waals surface area contributed by atoms with Crippen LogP contribution in [-0.2, 0) is 20.8 Å². The molecule has 1 aliphatic rings. The molecule has 2 rings (SSSR count). The Balaban J connectivity index is 1.86. The van der Waals surface area contributed by atoms with Crippen molar-refractivity contribution in [3.8, 4) is 0 Å². The summed E-state index contributed by atoms with van der Waals surface area (Å²) in [5.74, 6) is -1.51. The number of aromatic carboxylic acids is 1. The minimum absolute atomic E-state index is 0.135. The van der Waals surface area contributed by atoms with Gasteiger partial charge in [-0.3, -0.25) is 0 Å². The molecule has 0 spiro atoms.